The Hall–Kier alpha value is -0.790. The molecule has 2 nitrogen and oxygen atoms in total. The lowest BCUT2D eigenvalue weighted by atomic mass is 10.4. The Morgan fingerprint density at radius 1 is 1.27 bits per heavy atom. The van der Waals surface area contributed by atoms with E-state index in [2.05, 4.69) is 4.98 Å². The highest BCUT2D eigenvalue weighted by atomic mass is 16.3. The second kappa shape index (κ2) is 11.9. The van der Waals surface area contributed by atoms with Crippen LogP contribution in [0.4, 0.5) is 0 Å². The van der Waals surface area contributed by atoms with Crippen LogP contribution in [0.5, 0.6) is 0 Å². The number of hydrogen-bond acceptors (Lipinski definition) is 2. The monoisotopic (exact) mass is 157 g/mol. The predicted octanol–water partition coefficient (Wildman–Crippen LogP) is 3.29. The highest BCUT2D eigenvalue weighted by Crippen LogP contribution is 1.92. The average molecular weight is 157 g/mol. The highest BCUT2D eigenvalue weighted by molar-refractivity contribution is 4.88. The van der Waals surface area contributed by atoms with Crippen LogP contribution in [0.2, 0.25) is 0 Å². The van der Waals surface area contributed by atoms with Gasteiger partial charge in [0.05, 0.1) is 5.69 Å². The number of nitrogens with zero attached hydrogens (tertiary/aromatic N) is 1. The van der Waals surface area contributed by atoms with Crippen LogP contribution >= 0.6 is 0 Å². The van der Waals surface area contributed by atoms with E-state index >= 15 is 0 Å². The molecule has 0 bridgehead atoms. The molecule has 0 saturated heterocycles. The Bertz CT molecular complexity index is 124. The molecule has 0 saturated carbocycles. The van der Waals surface area contributed by atoms with E-state index in [-0.39, 0.29) is 0 Å². The molecule has 0 N–H and O–H groups in total. The van der Waals surface area contributed by atoms with Crippen LogP contribution in [0.3, 0.4) is 0 Å². The summed E-state index contributed by atoms with van der Waals surface area (Å²) in [6.07, 6.45) is 4.05. The predicted molar refractivity (Wildman–Crippen MR) is 48.6 cm³/mol. The largest absolute Gasteiger partial charge is 0.451 e. The standard InChI is InChI=1S/C5H7NO.2C2H6/c1-2-5-3-7-4-6-5;2*1-2/h3-4H,2H2,1H3;2*1-2H3. The number of hydrogen-bond donors (Lipinski definition) is 0. The van der Waals surface area contributed by atoms with Crippen LogP contribution in [0.15, 0.2) is 17.1 Å². The minimum absolute atomic E-state index is 0.955. The lowest BCUT2D eigenvalue weighted by Crippen LogP contribution is -1.73. The van der Waals surface area contributed by atoms with Gasteiger partial charge in [-0.15, -0.1) is 0 Å². The molecule has 0 aromatic carbocycles. The molecule has 0 unspecified atom stereocenters. The fourth-order valence-electron chi connectivity index (χ4n) is 0.412. The third-order valence-corrected chi connectivity index (χ3v) is 0.846. The fraction of sp³-hybridized carbons (Fsp3) is 0.667. The van der Waals surface area contributed by atoms with E-state index in [1.165, 1.54) is 6.39 Å². The van der Waals surface area contributed by atoms with E-state index < -0.39 is 0 Å². The van der Waals surface area contributed by atoms with Gasteiger partial charge in [-0.3, -0.25) is 0 Å². The van der Waals surface area contributed by atoms with Crippen LogP contribution in [-0.2, 0) is 6.42 Å². The van der Waals surface area contributed by atoms with Gasteiger partial charge in [-0.1, -0.05) is 34.6 Å². The zero-order chi connectivity index (χ0) is 9.11. The SMILES string of the molecule is CC.CC.CCc1cocn1. The van der Waals surface area contributed by atoms with Crippen molar-refractivity contribution in [1.29, 1.82) is 0 Å². The maximum atomic E-state index is 4.69. The molecule has 2 heteroatoms. The summed E-state index contributed by atoms with van der Waals surface area (Å²) in [5.41, 5.74) is 1.01. The van der Waals surface area contributed by atoms with Gasteiger partial charge in [0, 0.05) is 0 Å². The van der Waals surface area contributed by atoms with Crippen molar-refractivity contribution >= 4 is 0 Å². The normalized spacial score (nSPS) is 7.00. The summed E-state index contributed by atoms with van der Waals surface area (Å²) in [5, 5.41) is 0. The molecule has 0 fully saturated rings. The Morgan fingerprint density at radius 3 is 2.00 bits per heavy atom. The van der Waals surface area contributed by atoms with Gasteiger partial charge in [0.25, 0.3) is 0 Å². The van der Waals surface area contributed by atoms with Gasteiger partial charge in [-0.05, 0) is 6.42 Å². The van der Waals surface area contributed by atoms with Gasteiger partial charge < -0.3 is 4.42 Å². The van der Waals surface area contributed by atoms with Crippen molar-refractivity contribution in [3.8, 4) is 0 Å². The van der Waals surface area contributed by atoms with Crippen molar-refractivity contribution < 1.29 is 4.42 Å². The zero-order valence-electron chi connectivity index (χ0n) is 8.22. The van der Waals surface area contributed by atoms with Crippen LogP contribution < -0.4 is 0 Å². The first kappa shape index (κ1) is 12.8. The van der Waals surface area contributed by atoms with Crippen LogP contribution in [0.25, 0.3) is 0 Å². The Labute approximate surface area is 69.6 Å². The van der Waals surface area contributed by atoms with Gasteiger partial charge in [-0.2, -0.15) is 0 Å². The van der Waals surface area contributed by atoms with Crippen LogP contribution in [0, 0.1) is 0 Å². The smallest absolute Gasteiger partial charge is 0.180 e. The first-order chi connectivity index (χ1) is 5.43. The molecule has 66 valence electrons. The van der Waals surface area contributed by atoms with Crippen molar-refractivity contribution in [1.82, 2.24) is 4.98 Å². The van der Waals surface area contributed by atoms with Crippen molar-refractivity contribution in [3.63, 3.8) is 0 Å². The molecular weight excluding hydrogens is 138 g/mol. The van der Waals surface area contributed by atoms with Crippen LogP contribution in [-0.4, -0.2) is 4.98 Å². The number of aryl methyl sites for hydroxylation is 1. The topological polar surface area (TPSA) is 26.0 Å². The van der Waals surface area contributed by atoms with Gasteiger partial charge in [0.2, 0.25) is 0 Å². The third-order valence-electron chi connectivity index (χ3n) is 0.846. The molecule has 1 rings (SSSR count). The summed E-state index contributed by atoms with van der Waals surface area (Å²) in [7, 11) is 0. The molecule has 1 aromatic heterocycles. The maximum absolute atomic E-state index is 4.69. The van der Waals surface area contributed by atoms with E-state index in [9.17, 15) is 0 Å². The summed E-state index contributed by atoms with van der Waals surface area (Å²) in [6, 6.07) is 0. The zero-order valence-corrected chi connectivity index (χ0v) is 8.22. The van der Waals surface area contributed by atoms with E-state index in [0.29, 0.717) is 0 Å². The minimum Gasteiger partial charge on any atom is -0.451 e. The molecule has 0 amide bonds. The van der Waals surface area contributed by atoms with Gasteiger partial charge >= 0.3 is 0 Å². The van der Waals surface area contributed by atoms with Gasteiger partial charge in [0.1, 0.15) is 6.26 Å². The summed E-state index contributed by atoms with van der Waals surface area (Å²) in [5.74, 6) is 0. The van der Waals surface area contributed by atoms with Gasteiger partial charge in [-0.25, -0.2) is 4.98 Å². The third kappa shape index (κ3) is 7.10. The quantitative estimate of drug-likeness (QED) is 0.625. The van der Waals surface area contributed by atoms with Crippen molar-refractivity contribution in [2.24, 2.45) is 0 Å². The molecule has 1 aromatic rings. The first-order valence-corrected chi connectivity index (χ1v) is 4.30. The van der Waals surface area contributed by atoms with Crippen molar-refractivity contribution in [2.45, 2.75) is 41.0 Å². The van der Waals surface area contributed by atoms with E-state index in [1.807, 2.05) is 34.6 Å². The molecule has 0 spiro atoms. The lowest BCUT2D eigenvalue weighted by molar-refractivity contribution is 0.556. The second-order valence-corrected chi connectivity index (χ2v) is 1.33. The average Bonchev–Trinajstić information content (AvgIpc) is 2.63. The first-order valence-electron chi connectivity index (χ1n) is 4.30. The molecule has 0 aliphatic rings. The van der Waals surface area contributed by atoms with Crippen molar-refractivity contribution in [3.05, 3.63) is 18.4 Å². The van der Waals surface area contributed by atoms with E-state index in [1.54, 1.807) is 6.26 Å². The second-order valence-electron chi connectivity index (χ2n) is 1.33. The molecule has 1 heterocycles. The molecule has 0 aliphatic carbocycles. The fourth-order valence-corrected chi connectivity index (χ4v) is 0.412. The molecule has 0 radical (unpaired) electrons. The summed E-state index contributed by atoms with van der Waals surface area (Å²) >= 11 is 0. The van der Waals surface area contributed by atoms with Gasteiger partial charge in [0.15, 0.2) is 6.39 Å². The Kier molecular flexibility index (Phi) is 13.9. The lowest BCUT2D eigenvalue weighted by Gasteiger charge is -1.75. The highest BCUT2D eigenvalue weighted by Gasteiger charge is 1.85. The Balaban J connectivity index is 0. The number of aromatic nitrogens is 1. The number of oxazole rings is 1. The molecule has 0 atom stereocenters. The van der Waals surface area contributed by atoms with Crippen molar-refractivity contribution in [2.75, 3.05) is 0 Å². The maximum Gasteiger partial charge on any atom is 0.180 e. The summed E-state index contributed by atoms with van der Waals surface area (Å²) in [4.78, 5) is 3.87. The minimum atomic E-state index is 0.955. The number of rotatable bonds is 1. The summed E-state index contributed by atoms with van der Waals surface area (Å²) in [6.45, 7) is 10.0. The molecule has 0 aliphatic heterocycles. The van der Waals surface area contributed by atoms with E-state index in [0.717, 1.165) is 12.1 Å². The summed E-state index contributed by atoms with van der Waals surface area (Å²) < 4.78 is 4.69. The Morgan fingerprint density at radius 2 is 1.82 bits per heavy atom. The van der Waals surface area contributed by atoms with E-state index in [4.69, 9.17) is 4.42 Å². The molecule has 11 heavy (non-hydrogen) atoms. The van der Waals surface area contributed by atoms with Crippen LogP contribution in [0.1, 0.15) is 40.3 Å². The molecular formula is C9H19NO.